The predicted molar refractivity (Wildman–Crippen MR) is 140 cm³/mol. The van der Waals surface area contributed by atoms with Crippen LogP contribution in [0.4, 0.5) is 0 Å². The molecule has 0 amide bonds. The van der Waals surface area contributed by atoms with Crippen molar-refractivity contribution in [1.29, 1.82) is 5.26 Å². The Morgan fingerprint density at radius 2 is 1.36 bits per heavy atom. The molecule has 33 heavy (non-hydrogen) atoms. The topological polar surface area (TPSA) is 33.0 Å². The molecule has 2 aromatic carbocycles. The fourth-order valence-electron chi connectivity index (χ4n) is 5.22. The Balaban J connectivity index is 1.50. The Morgan fingerprint density at radius 3 is 1.94 bits per heavy atom. The third-order valence-electron chi connectivity index (χ3n) is 7.53. The highest BCUT2D eigenvalue weighted by atomic mass is 16.5. The van der Waals surface area contributed by atoms with Crippen LogP contribution in [0.1, 0.15) is 109 Å². The number of hydrogen-bond donors (Lipinski definition) is 0. The first-order valence-corrected chi connectivity index (χ1v) is 13.4. The summed E-state index contributed by atoms with van der Waals surface area (Å²) in [6.45, 7) is 5.29. The molecule has 2 aromatic rings. The van der Waals surface area contributed by atoms with Crippen molar-refractivity contribution < 1.29 is 4.74 Å². The molecule has 0 aliphatic heterocycles. The minimum Gasteiger partial charge on any atom is -0.494 e. The average molecular weight is 446 g/mol. The standard InChI is InChI=1S/C31H43NO/c1-3-5-7-9-21-31(25-32)22-19-29(20-23-31)27-13-11-26(12-14-27)28-15-17-30(18-16-28)33-24-10-8-6-4-2/h11-18,29H,3-10,19-24H2,1-2H3. The fraction of sp³-hybridized carbons (Fsp3) is 0.581. The van der Waals surface area contributed by atoms with Gasteiger partial charge in [0.25, 0.3) is 0 Å². The van der Waals surface area contributed by atoms with E-state index >= 15 is 0 Å². The second-order valence-corrected chi connectivity index (χ2v) is 10.0. The van der Waals surface area contributed by atoms with Crippen molar-refractivity contribution in [3.05, 3.63) is 54.1 Å². The smallest absolute Gasteiger partial charge is 0.119 e. The molecule has 0 atom stereocenters. The van der Waals surface area contributed by atoms with Crippen LogP contribution >= 0.6 is 0 Å². The fourth-order valence-corrected chi connectivity index (χ4v) is 5.22. The highest BCUT2D eigenvalue weighted by molar-refractivity contribution is 5.64. The maximum absolute atomic E-state index is 9.86. The number of nitrogens with zero attached hydrogens (tertiary/aromatic N) is 1. The molecule has 3 rings (SSSR count). The summed E-state index contributed by atoms with van der Waals surface area (Å²) in [4.78, 5) is 0. The minimum atomic E-state index is -0.0655. The van der Waals surface area contributed by atoms with Crippen LogP contribution in [0.25, 0.3) is 11.1 Å². The monoisotopic (exact) mass is 445 g/mol. The van der Waals surface area contributed by atoms with Gasteiger partial charge >= 0.3 is 0 Å². The molecule has 1 aliphatic carbocycles. The highest BCUT2D eigenvalue weighted by Crippen LogP contribution is 2.45. The summed E-state index contributed by atoms with van der Waals surface area (Å²) in [7, 11) is 0. The van der Waals surface area contributed by atoms with Crippen LogP contribution in [0, 0.1) is 16.7 Å². The molecule has 0 bridgehead atoms. The van der Waals surface area contributed by atoms with E-state index in [1.165, 1.54) is 61.6 Å². The van der Waals surface area contributed by atoms with Gasteiger partial charge in [-0.3, -0.25) is 0 Å². The normalized spacial score (nSPS) is 20.3. The van der Waals surface area contributed by atoms with Gasteiger partial charge in [-0.2, -0.15) is 5.26 Å². The van der Waals surface area contributed by atoms with E-state index in [0.717, 1.165) is 50.9 Å². The Morgan fingerprint density at radius 1 is 0.788 bits per heavy atom. The Hall–Kier alpha value is -2.27. The number of ether oxygens (including phenoxy) is 1. The van der Waals surface area contributed by atoms with E-state index in [0.29, 0.717) is 5.92 Å². The first-order valence-electron chi connectivity index (χ1n) is 13.4. The second-order valence-electron chi connectivity index (χ2n) is 10.0. The van der Waals surface area contributed by atoms with Gasteiger partial charge in [0.1, 0.15) is 5.75 Å². The maximum Gasteiger partial charge on any atom is 0.119 e. The zero-order chi connectivity index (χ0) is 23.4. The lowest BCUT2D eigenvalue weighted by Gasteiger charge is -2.35. The van der Waals surface area contributed by atoms with Crippen LogP contribution < -0.4 is 4.74 Å². The summed E-state index contributed by atoms with van der Waals surface area (Å²) in [5.41, 5.74) is 3.86. The summed E-state index contributed by atoms with van der Waals surface area (Å²) in [5, 5.41) is 9.86. The van der Waals surface area contributed by atoms with E-state index in [1.54, 1.807) is 0 Å². The van der Waals surface area contributed by atoms with Gasteiger partial charge in [0, 0.05) is 0 Å². The molecule has 1 fully saturated rings. The Kier molecular flexibility index (Phi) is 10.3. The lowest BCUT2D eigenvalue weighted by molar-refractivity contribution is 0.223. The van der Waals surface area contributed by atoms with Crippen molar-refractivity contribution >= 4 is 0 Å². The van der Waals surface area contributed by atoms with Crippen molar-refractivity contribution in [2.45, 2.75) is 103 Å². The second kappa shape index (κ2) is 13.4. The van der Waals surface area contributed by atoms with Crippen molar-refractivity contribution in [3.8, 4) is 22.9 Å². The van der Waals surface area contributed by atoms with Crippen LogP contribution in [0.15, 0.2) is 48.5 Å². The molecule has 0 spiro atoms. The van der Waals surface area contributed by atoms with Crippen LogP contribution in [-0.4, -0.2) is 6.61 Å². The van der Waals surface area contributed by atoms with E-state index < -0.39 is 0 Å². The zero-order valence-electron chi connectivity index (χ0n) is 21.0. The minimum absolute atomic E-state index is 0.0655. The quantitative estimate of drug-likeness (QED) is 0.288. The van der Waals surface area contributed by atoms with Gasteiger partial charge in [0.15, 0.2) is 0 Å². The molecule has 0 unspecified atom stereocenters. The van der Waals surface area contributed by atoms with E-state index in [2.05, 4.69) is 68.4 Å². The van der Waals surface area contributed by atoms with Gasteiger partial charge < -0.3 is 4.74 Å². The van der Waals surface area contributed by atoms with Gasteiger partial charge in [-0.1, -0.05) is 95.2 Å². The summed E-state index contributed by atoms with van der Waals surface area (Å²) >= 11 is 0. The number of unbranched alkanes of at least 4 members (excludes halogenated alkanes) is 6. The molecular formula is C31H43NO. The molecule has 2 nitrogen and oxygen atoms in total. The zero-order valence-corrected chi connectivity index (χ0v) is 21.0. The average Bonchev–Trinajstić information content (AvgIpc) is 2.87. The van der Waals surface area contributed by atoms with Crippen LogP contribution in [0.2, 0.25) is 0 Å². The first kappa shape index (κ1) is 25.4. The van der Waals surface area contributed by atoms with Gasteiger partial charge in [-0.15, -0.1) is 0 Å². The molecular weight excluding hydrogens is 402 g/mol. The van der Waals surface area contributed by atoms with Gasteiger partial charge in [-0.05, 0) is 73.3 Å². The first-order chi connectivity index (χ1) is 16.2. The van der Waals surface area contributed by atoms with E-state index in [-0.39, 0.29) is 5.41 Å². The van der Waals surface area contributed by atoms with Gasteiger partial charge in [0.2, 0.25) is 0 Å². The summed E-state index contributed by atoms with van der Waals surface area (Å²) in [6, 6.07) is 20.3. The van der Waals surface area contributed by atoms with Crippen molar-refractivity contribution in [3.63, 3.8) is 0 Å². The van der Waals surface area contributed by atoms with Crippen LogP contribution in [-0.2, 0) is 0 Å². The third-order valence-corrected chi connectivity index (χ3v) is 7.53. The molecule has 0 saturated heterocycles. The maximum atomic E-state index is 9.86. The Labute approximate surface area is 202 Å². The number of benzene rings is 2. The molecule has 1 aliphatic rings. The van der Waals surface area contributed by atoms with E-state index in [9.17, 15) is 5.26 Å². The lowest BCUT2D eigenvalue weighted by atomic mass is 9.67. The van der Waals surface area contributed by atoms with Crippen LogP contribution in [0.5, 0.6) is 5.75 Å². The third kappa shape index (κ3) is 7.63. The molecule has 0 radical (unpaired) electrons. The van der Waals surface area contributed by atoms with Crippen molar-refractivity contribution in [1.82, 2.24) is 0 Å². The summed E-state index contributed by atoms with van der Waals surface area (Å²) < 4.78 is 5.88. The number of hydrogen-bond acceptors (Lipinski definition) is 2. The molecule has 178 valence electrons. The Bertz CT molecular complexity index is 838. The van der Waals surface area contributed by atoms with E-state index in [4.69, 9.17) is 4.74 Å². The molecule has 2 heteroatoms. The van der Waals surface area contributed by atoms with Crippen molar-refractivity contribution in [2.75, 3.05) is 6.61 Å². The van der Waals surface area contributed by atoms with Gasteiger partial charge in [-0.25, -0.2) is 0 Å². The summed E-state index contributed by atoms with van der Waals surface area (Å²) in [5.74, 6) is 1.56. The number of nitriles is 1. The predicted octanol–water partition coefficient (Wildman–Crippen LogP) is 9.45. The van der Waals surface area contributed by atoms with Gasteiger partial charge in [0.05, 0.1) is 18.1 Å². The number of rotatable bonds is 13. The largest absolute Gasteiger partial charge is 0.494 e. The van der Waals surface area contributed by atoms with Crippen molar-refractivity contribution in [2.24, 2.45) is 5.41 Å². The van der Waals surface area contributed by atoms with E-state index in [1.807, 2.05) is 0 Å². The SMILES string of the molecule is CCCCCCOc1ccc(-c2ccc(C3CCC(C#N)(CCCCCC)CC3)cc2)cc1. The lowest BCUT2D eigenvalue weighted by Crippen LogP contribution is -2.25. The molecule has 0 aromatic heterocycles. The summed E-state index contributed by atoms with van der Waals surface area (Å²) in [6.07, 6.45) is 15.5. The molecule has 0 heterocycles. The molecule has 1 saturated carbocycles. The van der Waals surface area contributed by atoms with Crippen LogP contribution in [0.3, 0.4) is 0 Å². The highest BCUT2D eigenvalue weighted by Gasteiger charge is 2.35. The molecule has 0 N–H and O–H groups in total.